The van der Waals surface area contributed by atoms with E-state index in [1.165, 1.54) is 0 Å². The number of benzene rings is 2. The van der Waals surface area contributed by atoms with Crippen LogP contribution in [0.5, 0.6) is 0 Å². The van der Waals surface area contributed by atoms with Crippen molar-refractivity contribution in [3.63, 3.8) is 0 Å². The Morgan fingerprint density at radius 1 is 1.00 bits per heavy atom. The molecule has 2 rings (SSSR count). The molecule has 2 aromatic rings. The Bertz CT molecular complexity index is 567. The second-order valence-electron chi connectivity index (χ2n) is 3.82. The summed E-state index contributed by atoms with van der Waals surface area (Å²) in [5.74, 6) is -1.53. The summed E-state index contributed by atoms with van der Waals surface area (Å²) >= 11 is 6.83. The molecule has 0 aliphatic carbocycles. The number of rotatable bonds is 3. The summed E-state index contributed by atoms with van der Waals surface area (Å²) in [4.78, 5) is 11.5. The summed E-state index contributed by atoms with van der Waals surface area (Å²) in [7, 11) is 0. The summed E-state index contributed by atoms with van der Waals surface area (Å²) in [5, 5.41) is 9.46. The van der Waals surface area contributed by atoms with E-state index in [-0.39, 0.29) is 0 Å². The van der Waals surface area contributed by atoms with E-state index in [0.29, 0.717) is 0 Å². The third-order valence-electron chi connectivity index (χ3n) is 2.67. The van der Waals surface area contributed by atoms with Crippen molar-refractivity contribution in [1.82, 2.24) is 0 Å². The van der Waals surface area contributed by atoms with Crippen LogP contribution in [0.2, 0.25) is 0 Å². The maximum absolute atomic E-state index is 11.5. The summed E-state index contributed by atoms with van der Waals surface area (Å²) in [5.41, 5.74) is 1.51. The molecule has 1 unspecified atom stereocenters. The molecular weight excluding hydrogens is 360 g/mol. The van der Waals surface area contributed by atoms with Crippen molar-refractivity contribution < 1.29 is 9.90 Å². The number of hydrogen-bond donors (Lipinski definition) is 1. The molecule has 1 N–H and O–H groups in total. The minimum atomic E-state index is -0.861. The van der Waals surface area contributed by atoms with Gasteiger partial charge in [-0.1, -0.05) is 42.5 Å². The van der Waals surface area contributed by atoms with Gasteiger partial charge in [-0.25, -0.2) is 0 Å². The molecule has 0 saturated carbocycles. The highest BCUT2D eigenvalue weighted by Crippen LogP contribution is 2.35. The number of carboxylic acids is 1. The number of carbonyl (C=O) groups is 1. The highest BCUT2D eigenvalue weighted by molar-refractivity contribution is 9.13. The van der Waals surface area contributed by atoms with Crippen LogP contribution in [-0.2, 0) is 4.79 Å². The molecule has 0 aliphatic rings. The van der Waals surface area contributed by atoms with Crippen LogP contribution in [0.3, 0.4) is 0 Å². The fourth-order valence-corrected chi connectivity index (χ4v) is 2.72. The predicted octanol–water partition coefficient (Wildman–Crippen LogP) is 4.43. The highest BCUT2D eigenvalue weighted by atomic mass is 79.9. The summed E-state index contributed by atoms with van der Waals surface area (Å²) < 4.78 is 1.63. The van der Waals surface area contributed by atoms with Gasteiger partial charge in [0, 0.05) is 8.95 Å². The van der Waals surface area contributed by atoms with Crippen LogP contribution in [0.4, 0.5) is 0 Å². The van der Waals surface area contributed by atoms with Gasteiger partial charge in [-0.2, -0.15) is 0 Å². The normalized spacial score (nSPS) is 12.1. The predicted molar refractivity (Wildman–Crippen MR) is 77.8 cm³/mol. The standard InChI is InChI=1S/C14H10Br2O2/c15-11-8-4-7-10(13(11)16)12(14(17)18)9-5-2-1-3-6-9/h1-8,12H,(H,17,18). The van der Waals surface area contributed by atoms with E-state index < -0.39 is 11.9 Å². The van der Waals surface area contributed by atoms with Crippen molar-refractivity contribution in [2.45, 2.75) is 5.92 Å². The van der Waals surface area contributed by atoms with Crippen LogP contribution in [-0.4, -0.2) is 11.1 Å². The lowest BCUT2D eigenvalue weighted by molar-refractivity contribution is -0.137. The smallest absolute Gasteiger partial charge is 0.315 e. The minimum Gasteiger partial charge on any atom is -0.481 e. The van der Waals surface area contributed by atoms with Gasteiger partial charge in [-0.15, -0.1) is 0 Å². The maximum atomic E-state index is 11.5. The van der Waals surface area contributed by atoms with Gasteiger partial charge in [0.05, 0.1) is 0 Å². The molecule has 0 radical (unpaired) electrons. The molecule has 2 aromatic carbocycles. The SMILES string of the molecule is O=C(O)C(c1ccccc1)c1cccc(Br)c1Br. The van der Waals surface area contributed by atoms with Gasteiger partial charge in [0.15, 0.2) is 0 Å². The quantitative estimate of drug-likeness (QED) is 0.868. The van der Waals surface area contributed by atoms with Gasteiger partial charge >= 0.3 is 5.97 Å². The third-order valence-corrected chi connectivity index (χ3v) is 4.75. The van der Waals surface area contributed by atoms with E-state index in [2.05, 4.69) is 31.9 Å². The molecule has 4 heteroatoms. The molecule has 0 aliphatic heterocycles. The van der Waals surface area contributed by atoms with Crippen molar-refractivity contribution >= 4 is 37.8 Å². The molecule has 0 bridgehead atoms. The van der Waals surface area contributed by atoms with Crippen LogP contribution < -0.4 is 0 Å². The molecule has 0 amide bonds. The second kappa shape index (κ2) is 5.67. The summed E-state index contributed by atoms with van der Waals surface area (Å²) in [6.45, 7) is 0. The van der Waals surface area contributed by atoms with Crippen molar-refractivity contribution in [2.24, 2.45) is 0 Å². The maximum Gasteiger partial charge on any atom is 0.315 e. The van der Waals surface area contributed by atoms with Gasteiger partial charge < -0.3 is 5.11 Å². The fourth-order valence-electron chi connectivity index (χ4n) is 1.84. The van der Waals surface area contributed by atoms with E-state index in [9.17, 15) is 9.90 Å². The average molecular weight is 370 g/mol. The Hall–Kier alpha value is -1.13. The van der Waals surface area contributed by atoms with Gasteiger partial charge in [0.1, 0.15) is 5.92 Å². The zero-order chi connectivity index (χ0) is 13.1. The summed E-state index contributed by atoms with van der Waals surface area (Å²) in [6, 6.07) is 14.7. The Balaban J connectivity index is 2.56. The van der Waals surface area contributed by atoms with Gasteiger partial charge in [-0.3, -0.25) is 4.79 Å². The molecule has 18 heavy (non-hydrogen) atoms. The molecule has 2 nitrogen and oxygen atoms in total. The first-order valence-electron chi connectivity index (χ1n) is 5.33. The first kappa shape index (κ1) is 13.3. The van der Waals surface area contributed by atoms with Crippen molar-refractivity contribution in [3.8, 4) is 0 Å². The first-order chi connectivity index (χ1) is 8.61. The van der Waals surface area contributed by atoms with E-state index in [1.54, 1.807) is 0 Å². The molecule has 0 heterocycles. The molecule has 0 aromatic heterocycles. The molecule has 0 saturated heterocycles. The van der Waals surface area contributed by atoms with Crippen LogP contribution in [0.15, 0.2) is 57.5 Å². The van der Waals surface area contributed by atoms with E-state index in [0.717, 1.165) is 20.1 Å². The lowest BCUT2D eigenvalue weighted by atomic mass is 9.91. The van der Waals surface area contributed by atoms with Crippen LogP contribution in [0, 0.1) is 0 Å². The monoisotopic (exact) mass is 368 g/mol. The van der Waals surface area contributed by atoms with Crippen LogP contribution in [0.1, 0.15) is 17.0 Å². The zero-order valence-electron chi connectivity index (χ0n) is 9.31. The van der Waals surface area contributed by atoms with E-state index in [1.807, 2.05) is 48.5 Å². The largest absolute Gasteiger partial charge is 0.481 e. The van der Waals surface area contributed by atoms with Crippen molar-refractivity contribution in [3.05, 3.63) is 68.6 Å². The van der Waals surface area contributed by atoms with Crippen LogP contribution in [0.25, 0.3) is 0 Å². The second-order valence-corrected chi connectivity index (χ2v) is 5.47. The number of halogens is 2. The minimum absolute atomic E-state index is 0.668. The summed E-state index contributed by atoms with van der Waals surface area (Å²) in [6.07, 6.45) is 0. The molecular formula is C14H10Br2O2. The fraction of sp³-hybridized carbons (Fsp3) is 0.0714. The number of aliphatic carboxylic acids is 1. The van der Waals surface area contributed by atoms with Crippen molar-refractivity contribution in [1.29, 1.82) is 0 Å². The topological polar surface area (TPSA) is 37.3 Å². The van der Waals surface area contributed by atoms with Crippen molar-refractivity contribution in [2.75, 3.05) is 0 Å². The zero-order valence-corrected chi connectivity index (χ0v) is 12.5. The van der Waals surface area contributed by atoms with Gasteiger partial charge in [0.2, 0.25) is 0 Å². The Morgan fingerprint density at radius 2 is 1.67 bits per heavy atom. The first-order valence-corrected chi connectivity index (χ1v) is 6.91. The molecule has 0 fully saturated rings. The lowest BCUT2D eigenvalue weighted by Gasteiger charge is -2.15. The molecule has 0 spiro atoms. The number of hydrogen-bond acceptors (Lipinski definition) is 1. The molecule has 1 atom stereocenters. The van der Waals surface area contributed by atoms with Crippen LogP contribution >= 0.6 is 31.9 Å². The highest BCUT2D eigenvalue weighted by Gasteiger charge is 2.24. The van der Waals surface area contributed by atoms with E-state index >= 15 is 0 Å². The van der Waals surface area contributed by atoms with Gasteiger partial charge in [-0.05, 0) is 49.1 Å². The van der Waals surface area contributed by atoms with Gasteiger partial charge in [0.25, 0.3) is 0 Å². The lowest BCUT2D eigenvalue weighted by Crippen LogP contribution is -2.13. The Morgan fingerprint density at radius 3 is 2.28 bits per heavy atom. The molecule has 92 valence electrons. The van der Waals surface area contributed by atoms with E-state index in [4.69, 9.17) is 0 Å². The number of carboxylic acid groups (broad SMARTS) is 1. The average Bonchev–Trinajstić information content (AvgIpc) is 2.36. The Labute approximate surface area is 122 Å². The Kier molecular flexibility index (Phi) is 4.19. The third kappa shape index (κ3) is 2.65.